The van der Waals surface area contributed by atoms with Gasteiger partial charge in [-0.2, -0.15) is 8.78 Å². The summed E-state index contributed by atoms with van der Waals surface area (Å²) in [5.41, 5.74) is 0.435. The number of nitrogens with zero attached hydrogens (tertiary/aromatic N) is 1. The van der Waals surface area contributed by atoms with Crippen LogP contribution in [0.2, 0.25) is 0 Å². The largest absolute Gasteiger partial charge is 0.478 e. The van der Waals surface area contributed by atoms with E-state index in [0.717, 1.165) is 6.07 Å². The van der Waals surface area contributed by atoms with E-state index in [1.54, 1.807) is 0 Å². The summed E-state index contributed by atoms with van der Waals surface area (Å²) in [7, 11) is -4.73. The molecule has 0 unspecified atom stereocenters. The fourth-order valence-corrected chi connectivity index (χ4v) is 2.83. The van der Waals surface area contributed by atoms with Crippen LogP contribution in [0.15, 0.2) is 18.2 Å². The van der Waals surface area contributed by atoms with Crippen molar-refractivity contribution in [1.29, 1.82) is 0 Å². The monoisotopic (exact) mass is 277 g/mol. The maximum absolute atomic E-state index is 12.5. The summed E-state index contributed by atoms with van der Waals surface area (Å²) in [6, 6.07) is 3.87. The highest BCUT2D eigenvalue weighted by Gasteiger charge is 2.36. The molecule has 18 heavy (non-hydrogen) atoms. The van der Waals surface area contributed by atoms with Crippen LogP contribution < -0.4 is 4.31 Å². The number of halogens is 2. The van der Waals surface area contributed by atoms with Gasteiger partial charge in [0.15, 0.2) is 0 Å². The highest BCUT2D eigenvalue weighted by atomic mass is 32.2. The van der Waals surface area contributed by atoms with Gasteiger partial charge in [0.25, 0.3) is 10.0 Å². The van der Waals surface area contributed by atoms with Gasteiger partial charge in [-0.25, -0.2) is 13.2 Å². The lowest BCUT2D eigenvalue weighted by Crippen LogP contribution is -2.33. The van der Waals surface area contributed by atoms with Crippen LogP contribution in [0, 0.1) is 0 Å². The number of carboxylic acids is 1. The van der Waals surface area contributed by atoms with E-state index in [1.807, 2.05) is 0 Å². The first-order valence-corrected chi connectivity index (χ1v) is 6.50. The predicted molar refractivity (Wildman–Crippen MR) is 59.4 cm³/mol. The van der Waals surface area contributed by atoms with Crippen molar-refractivity contribution < 1.29 is 27.1 Å². The molecule has 0 amide bonds. The molecule has 1 heterocycles. The van der Waals surface area contributed by atoms with Crippen molar-refractivity contribution in [3.05, 3.63) is 29.3 Å². The molecule has 0 aliphatic carbocycles. The van der Waals surface area contributed by atoms with Crippen molar-refractivity contribution in [2.75, 3.05) is 10.8 Å². The Morgan fingerprint density at radius 1 is 1.39 bits per heavy atom. The smallest absolute Gasteiger partial charge is 0.355 e. The van der Waals surface area contributed by atoms with E-state index in [1.165, 1.54) is 12.1 Å². The standard InChI is InChI=1S/C10H9F2NO4S/c11-10(12)18(16,17)13-4-3-6-1-2-7(9(14)15)5-8(6)13/h1-2,5,10H,3-4H2,(H,14,15). The zero-order valence-electron chi connectivity index (χ0n) is 9.01. The van der Waals surface area contributed by atoms with Gasteiger partial charge >= 0.3 is 11.7 Å². The maximum atomic E-state index is 12.5. The third kappa shape index (κ3) is 1.92. The summed E-state index contributed by atoms with van der Waals surface area (Å²) >= 11 is 0. The second-order valence-electron chi connectivity index (χ2n) is 3.78. The van der Waals surface area contributed by atoms with E-state index in [0.29, 0.717) is 16.3 Å². The fourth-order valence-electron chi connectivity index (χ4n) is 1.84. The highest BCUT2D eigenvalue weighted by Crippen LogP contribution is 2.33. The van der Waals surface area contributed by atoms with E-state index >= 15 is 0 Å². The van der Waals surface area contributed by atoms with Crippen LogP contribution in [0.25, 0.3) is 0 Å². The summed E-state index contributed by atoms with van der Waals surface area (Å²) in [6.45, 7) is -0.0922. The Morgan fingerprint density at radius 2 is 2.06 bits per heavy atom. The van der Waals surface area contributed by atoms with Crippen LogP contribution in [0.4, 0.5) is 14.5 Å². The first-order chi connectivity index (χ1) is 8.34. The molecule has 0 fully saturated rings. The lowest BCUT2D eigenvalue weighted by Gasteiger charge is -2.18. The van der Waals surface area contributed by atoms with E-state index in [4.69, 9.17) is 5.11 Å². The number of sulfonamides is 1. The zero-order valence-corrected chi connectivity index (χ0v) is 9.82. The number of aromatic carboxylic acids is 1. The summed E-state index contributed by atoms with van der Waals surface area (Å²) in [5.74, 6) is -4.75. The molecule has 1 N–H and O–H groups in total. The Labute approximate surface area is 102 Å². The van der Waals surface area contributed by atoms with Crippen molar-refractivity contribution >= 4 is 21.7 Å². The quantitative estimate of drug-likeness (QED) is 0.903. The second-order valence-corrected chi connectivity index (χ2v) is 5.60. The molecule has 0 saturated carbocycles. The Hall–Kier alpha value is -1.70. The molecule has 0 radical (unpaired) electrons. The number of carboxylic acid groups (broad SMARTS) is 1. The van der Waals surface area contributed by atoms with Gasteiger partial charge in [-0.3, -0.25) is 4.31 Å². The van der Waals surface area contributed by atoms with Crippen molar-refractivity contribution in [3.63, 3.8) is 0 Å². The molecule has 5 nitrogen and oxygen atoms in total. The van der Waals surface area contributed by atoms with Crippen LogP contribution in [0.5, 0.6) is 0 Å². The fraction of sp³-hybridized carbons (Fsp3) is 0.300. The van der Waals surface area contributed by atoms with Crippen LogP contribution in [-0.2, 0) is 16.4 Å². The maximum Gasteiger partial charge on any atom is 0.355 e. The average Bonchev–Trinajstić information content (AvgIpc) is 2.71. The molecular weight excluding hydrogens is 268 g/mol. The Kier molecular flexibility index (Phi) is 2.97. The number of anilines is 1. The Morgan fingerprint density at radius 3 is 2.61 bits per heavy atom. The van der Waals surface area contributed by atoms with Gasteiger partial charge < -0.3 is 5.11 Å². The van der Waals surface area contributed by atoms with Crippen molar-refractivity contribution in [3.8, 4) is 0 Å². The summed E-state index contributed by atoms with van der Waals surface area (Å²) in [5, 5.41) is 8.80. The molecule has 1 aromatic carbocycles. The lowest BCUT2D eigenvalue weighted by molar-refractivity contribution is 0.0697. The summed E-state index contributed by atoms with van der Waals surface area (Å²) in [4.78, 5) is 10.8. The molecule has 0 spiro atoms. The molecule has 1 aromatic rings. The molecule has 0 aromatic heterocycles. The molecule has 1 aliphatic heterocycles. The Bertz CT molecular complexity index is 600. The number of rotatable bonds is 3. The van der Waals surface area contributed by atoms with Gasteiger partial charge in [-0.05, 0) is 24.1 Å². The van der Waals surface area contributed by atoms with E-state index < -0.39 is 21.8 Å². The van der Waals surface area contributed by atoms with Gasteiger partial charge in [0, 0.05) is 6.54 Å². The molecule has 1 aliphatic rings. The normalized spacial score (nSPS) is 14.9. The minimum absolute atomic E-state index is 0.0233. The number of fused-ring (bicyclic) bond motifs is 1. The second kappa shape index (κ2) is 4.20. The molecular formula is C10H9F2NO4S. The first kappa shape index (κ1) is 12.7. The highest BCUT2D eigenvalue weighted by molar-refractivity contribution is 7.93. The van der Waals surface area contributed by atoms with Crippen LogP contribution in [0.3, 0.4) is 0 Å². The summed E-state index contributed by atoms with van der Waals surface area (Å²) in [6.07, 6.45) is 0.293. The van der Waals surface area contributed by atoms with Gasteiger partial charge in [0.1, 0.15) is 0 Å². The number of hydrogen-bond donors (Lipinski definition) is 1. The number of alkyl halides is 2. The summed E-state index contributed by atoms with van der Waals surface area (Å²) < 4.78 is 48.3. The van der Waals surface area contributed by atoms with E-state index in [2.05, 4.69) is 0 Å². The molecule has 0 atom stereocenters. The minimum Gasteiger partial charge on any atom is -0.478 e. The zero-order chi connectivity index (χ0) is 13.5. The first-order valence-electron chi connectivity index (χ1n) is 5.00. The molecule has 0 bridgehead atoms. The number of carbonyl (C=O) groups is 1. The van der Waals surface area contributed by atoms with E-state index in [-0.39, 0.29) is 17.8 Å². The van der Waals surface area contributed by atoms with Crippen molar-refractivity contribution in [1.82, 2.24) is 0 Å². The predicted octanol–water partition coefficient (Wildman–Crippen LogP) is 1.30. The van der Waals surface area contributed by atoms with Crippen LogP contribution in [0.1, 0.15) is 15.9 Å². The SMILES string of the molecule is O=C(O)c1ccc2c(c1)N(S(=O)(=O)C(F)F)CC2. The van der Waals surface area contributed by atoms with Crippen LogP contribution in [-0.4, -0.2) is 31.8 Å². The van der Waals surface area contributed by atoms with Crippen molar-refractivity contribution in [2.24, 2.45) is 0 Å². The average molecular weight is 277 g/mol. The lowest BCUT2D eigenvalue weighted by atomic mass is 10.1. The topological polar surface area (TPSA) is 74.7 Å². The van der Waals surface area contributed by atoms with Crippen molar-refractivity contribution in [2.45, 2.75) is 12.2 Å². The molecule has 98 valence electrons. The van der Waals surface area contributed by atoms with Gasteiger partial charge in [-0.15, -0.1) is 0 Å². The Balaban J connectivity index is 2.50. The molecule has 8 heteroatoms. The minimum atomic E-state index is -4.73. The van der Waals surface area contributed by atoms with Crippen LogP contribution >= 0.6 is 0 Å². The third-order valence-corrected chi connectivity index (χ3v) is 4.16. The molecule has 2 rings (SSSR count). The molecule has 0 saturated heterocycles. The van der Waals surface area contributed by atoms with Gasteiger partial charge in [0.05, 0.1) is 11.3 Å². The number of benzene rings is 1. The third-order valence-electron chi connectivity index (χ3n) is 2.72. The van der Waals surface area contributed by atoms with Gasteiger partial charge in [0.2, 0.25) is 0 Å². The van der Waals surface area contributed by atoms with Gasteiger partial charge in [-0.1, -0.05) is 6.07 Å². The van der Waals surface area contributed by atoms with E-state index in [9.17, 15) is 22.0 Å². The number of hydrogen-bond acceptors (Lipinski definition) is 3.